The van der Waals surface area contributed by atoms with Gasteiger partial charge in [-0.3, -0.25) is 0 Å². The molecule has 0 aromatic heterocycles. The Morgan fingerprint density at radius 1 is 0.625 bits per heavy atom. The van der Waals surface area contributed by atoms with Crippen LogP contribution in [0.4, 0.5) is 0 Å². The topological polar surface area (TPSA) is 18.5 Å². The first kappa shape index (κ1) is 14.6. The van der Waals surface area contributed by atoms with Gasteiger partial charge in [-0.2, -0.15) is 0 Å². The fraction of sp³-hybridized carbons (Fsp3) is 0.0909. The average molecular weight is 314 g/mol. The molecule has 0 heterocycles. The van der Waals surface area contributed by atoms with Crippen molar-refractivity contribution in [1.29, 1.82) is 0 Å². The van der Waals surface area contributed by atoms with Gasteiger partial charge in [0, 0.05) is 5.39 Å². The van der Waals surface area contributed by atoms with Crippen molar-refractivity contribution in [3.63, 3.8) is 0 Å². The summed E-state index contributed by atoms with van der Waals surface area (Å²) >= 11 is 0. The fourth-order valence-corrected chi connectivity index (χ4v) is 3.28. The van der Waals surface area contributed by atoms with E-state index in [0.717, 1.165) is 33.4 Å². The molecule has 0 aliphatic heterocycles. The van der Waals surface area contributed by atoms with Gasteiger partial charge in [0.25, 0.3) is 0 Å². The third-order valence-corrected chi connectivity index (χ3v) is 4.43. The molecule has 0 fully saturated rings. The van der Waals surface area contributed by atoms with Crippen LogP contribution in [0, 0.1) is 0 Å². The van der Waals surface area contributed by atoms with Crippen molar-refractivity contribution < 1.29 is 9.47 Å². The number of rotatable bonds is 3. The van der Waals surface area contributed by atoms with Crippen LogP contribution < -0.4 is 9.47 Å². The molecule has 0 N–H and O–H groups in total. The largest absolute Gasteiger partial charge is 0.496 e. The van der Waals surface area contributed by atoms with E-state index in [1.165, 1.54) is 10.8 Å². The van der Waals surface area contributed by atoms with Crippen LogP contribution in [0.3, 0.4) is 0 Å². The van der Waals surface area contributed by atoms with Crippen molar-refractivity contribution in [2.45, 2.75) is 0 Å². The van der Waals surface area contributed by atoms with Crippen LogP contribution in [-0.4, -0.2) is 14.2 Å². The molecule has 0 bridgehead atoms. The van der Waals surface area contributed by atoms with Crippen LogP contribution >= 0.6 is 0 Å². The van der Waals surface area contributed by atoms with Gasteiger partial charge < -0.3 is 9.47 Å². The third kappa shape index (κ3) is 2.28. The second kappa shape index (κ2) is 5.89. The summed E-state index contributed by atoms with van der Waals surface area (Å²) in [4.78, 5) is 0. The normalized spacial score (nSPS) is 10.9. The van der Waals surface area contributed by atoms with Gasteiger partial charge in [0.1, 0.15) is 11.5 Å². The summed E-state index contributed by atoms with van der Waals surface area (Å²) in [7, 11) is 3.42. The maximum Gasteiger partial charge on any atom is 0.138 e. The molecule has 0 spiro atoms. The molecule has 4 aromatic carbocycles. The molecule has 24 heavy (non-hydrogen) atoms. The van der Waals surface area contributed by atoms with Crippen molar-refractivity contribution >= 4 is 21.5 Å². The van der Waals surface area contributed by atoms with E-state index >= 15 is 0 Å². The summed E-state index contributed by atoms with van der Waals surface area (Å²) in [5.41, 5.74) is 2.08. The molecular formula is C22H18O2. The minimum atomic E-state index is 0.820. The highest BCUT2D eigenvalue weighted by Gasteiger charge is 2.17. The van der Waals surface area contributed by atoms with E-state index in [-0.39, 0.29) is 0 Å². The van der Waals surface area contributed by atoms with Crippen molar-refractivity contribution in [2.75, 3.05) is 14.2 Å². The van der Waals surface area contributed by atoms with Crippen LogP contribution in [0.1, 0.15) is 0 Å². The monoisotopic (exact) mass is 314 g/mol. The highest BCUT2D eigenvalue weighted by Crippen LogP contribution is 2.44. The number of hydrogen-bond acceptors (Lipinski definition) is 2. The predicted molar refractivity (Wildman–Crippen MR) is 100.0 cm³/mol. The van der Waals surface area contributed by atoms with Gasteiger partial charge in [0.2, 0.25) is 0 Å². The summed E-state index contributed by atoms with van der Waals surface area (Å²) in [5.74, 6) is 1.67. The van der Waals surface area contributed by atoms with Gasteiger partial charge in [-0.05, 0) is 33.9 Å². The van der Waals surface area contributed by atoms with Gasteiger partial charge in [-0.15, -0.1) is 0 Å². The van der Waals surface area contributed by atoms with Crippen molar-refractivity contribution in [3.8, 4) is 22.6 Å². The second-order valence-corrected chi connectivity index (χ2v) is 5.77. The standard InChI is InChI=1S/C22H18O2/c1-23-20-14-17-9-5-6-10-19(17)22(24-2)21(20)18-12-11-15-7-3-4-8-16(15)13-18/h3-14H,1-2H3. The zero-order valence-electron chi connectivity index (χ0n) is 13.7. The smallest absolute Gasteiger partial charge is 0.138 e. The second-order valence-electron chi connectivity index (χ2n) is 5.77. The van der Waals surface area contributed by atoms with Crippen LogP contribution in [-0.2, 0) is 0 Å². The summed E-state index contributed by atoms with van der Waals surface area (Å²) in [6, 6.07) is 25.1. The van der Waals surface area contributed by atoms with Gasteiger partial charge in [-0.25, -0.2) is 0 Å². The Kier molecular flexibility index (Phi) is 3.58. The zero-order chi connectivity index (χ0) is 16.5. The number of ether oxygens (including phenoxy) is 2. The molecule has 4 aromatic rings. The summed E-state index contributed by atoms with van der Waals surface area (Å²) in [6.45, 7) is 0. The van der Waals surface area contributed by atoms with E-state index in [1.807, 2.05) is 12.1 Å². The molecule has 0 aliphatic carbocycles. The molecule has 0 unspecified atom stereocenters. The lowest BCUT2D eigenvalue weighted by atomic mass is 9.96. The Hall–Kier alpha value is -3.00. The fourth-order valence-electron chi connectivity index (χ4n) is 3.28. The Morgan fingerprint density at radius 2 is 1.33 bits per heavy atom. The van der Waals surface area contributed by atoms with Crippen LogP contribution in [0.5, 0.6) is 11.5 Å². The summed E-state index contributed by atoms with van der Waals surface area (Å²) in [6.07, 6.45) is 0. The lowest BCUT2D eigenvalue weighted by molar-refractivity contribution is 0.401. The molecule has 0 aliphatic rings. The minimum Gasteiger partial charge on any atom is -0.496 e. The first-order chi connectivity index (χ1) is 11.8. The molecule has 0 amide bonds. The maximum absolute atomic E-state index is 5.79. The molecule has 0 radical (unpaired) electrons. The van der Waals surface area contributed by atoms with E-state index in [1.54, 1.807) is 14.2 Å². The van der Waals surface area contributed by atoms with Gasteiger partial charge in [-0.1, -0.05) is 60.7 Å². The Balaban J connectivity index is 2.06. The van der Waals surface area contributed by atoms with Gasteiger partial charge >= 0.3 is 0 Å². The van der Waals surface area contributed by atoms with Gasteiger partial charge in [0.05, 0.1) is 19.8 Å². The number of benzene rings is 4. The van der Waals surface area contributed by atoms with Crippen molar-refractivity contribution in [2.24, 2.45) is 0 Å². The van der Waals surface area contributed by atoms with E-state index < -0.39 is 0 Å². The molecule has 118 valence electrons. The average Bonchev–Trinajstić information content (AvgIpc) is 2.65. The lowest BCUT2D eigenvalue weighted by Gasteiger charge is -2.17. The zero-order valence-corrected chi connectivity index (χ0v) is 13.7. The first-order valence-corrected chi connectivity index (χ1v) is 7.94. The Morgan fingerprint density at radius 3 is 2.08 bits per heavy atom. The Bertz CT molecular complexity index is 1030. The third-order valence-electron chi connectivity index (χ3n) is 4.43. The summed E-state index contributed by atoms with van der Waals surface area (Å²) in [5, 5.41) is 4.62. The van der Waals surface area contributed by atoms with E-state index in [4.69, 9.17) is 9.47 Å². The first-order valence-electron chi connectivity index (χ1n) is 7.94. The van der Waals surface area contributed by atoms with E-state index in [0.29, 0.717) is 0 Å². The molecular weight excluding hydrogens is 296 g/mol. The SMILES string of the molecule is COc1cc2ccccc2c(OC)c1-c1ccc2ccccc2c1. The number of methoxy groups -OCH3 is 2. The summed E-state index contributed by atoms with van der Waals surface area (Å²) < 4.78 is 11.5. The van der Waals surface area contributed by atoms with Crippen molar-refractivity contribution in [3.05, 3.63) is 72.8 Å². The quantitative estimate of drug-likeness (QED) is 0.484. The highest BCUT2D eigenvalue weighted by atomic mass is 16.5. The van der Waals surface area contributed by atoms with Gasteiger partial charge in [0.15, 0.2) is 0 Å². The molecule has 0 saturated heterocycles. The van der Waals surface area contributed by atoms with E-state index in [2.05, 4.69) is 60.7 Å². The van der Waals surface area contributed by atoms with Crippen LogP contribution in [0.25, 0.3) is 32.7 Å². The van der Waals surface area contributed by atoms with Crippen LogP contribution in [0.2, 0.25) is 0 Å². The maximum atomic E-state index is 5.79. The number of hydrogen-bond donors (Lipinski definition) is 0. The molecule has 0 saturated carbocycles. The molecule has 0 atom stereocenters. The van der Waals surface area contributed by atoms with Crippen molar-refractivity contribution in [1.82, 2.24) is 0 Å². The molecule has 4 rings (SSSR count). The van der Waals surface area contributed by atoms with Crippen LogP contribution in [0.15, 0.2) is 72.8 Å². The predicted octanol–water partition coefficient (Wildman–Crippen LogP) is 5.68. The lowest BCUT2D eigenvalue weighted by Crippen LogP contribution is -1.95. The minimum absolute atomic E-state index is 0.820. The Labute approximate surface area is 141 Å². The number of fused-ring (bicyclic) bond motifs is 2. The highest BCUT2D eigenvalue weighted by molar-refractivity contribution is 5.99. The van der Waals surface area contributed by atoms with E-state index in [9.17, 15) is 0 Å². The molecule has 2 nitrogen and oxygen atoms in total. The molecule has 2 heteroatoms.